The monoisotopic (exact) mass is 972 g/mol. The van der Waals surface area contributed by atoms with E-state index in [1.54, 1.807) is 0 Å². The quantitative estimate of drug-likeness (QED) is 0.143. The van der Waals surface area contributed by atoms with Crippen molar-refractivity contribution in [2.24, 2.45) is 0 Å². The molecule has 0 amide bonds. The van der Waals surface area contributed by atoms with E-state index >= 15 is 0 Å². The van der Waals surface area contributed by atoms with Crippen LogP contribution in [-0.2, 0) is 37.9 Å². The fraction of sp³-hybridized carbons (Fsp3) is 0.400. The molecular weight excluding hydrogens is 883 g/mol. The Balaban J connectivity index is 1.65. The highest BCUT2D eigenvalue weighted by atomic mass is 15.2. The highest BCUT2D eigenvalue weighted by Gasteiger charge is 2.31. The van der Waals surface area contributed by atoms with E-state index in [2.05, 4.69) is 318 Å². The van der Waals surface area contributed by atoms with Crippen molar-refractivity contribution in [2.75, 3.05) is 14.7 Å². The molecule has 0 atom stereocenters. The number of hydrogen-bond donors (Lipinski definition) is 0. The molecule has 0 aromatic heterocycles. The van der Waals surface area contributed by atoms with E-state index in [1.165, 1.54) is 38.9 Å². The van der Waals surface area contributed by atoms with E-state index in [1.807, 2.05) is 0 Å². The van der Waals surface area contributed by atoms with Crippen LogP contribution in [0.15, 0.2) is 158 Å². The first-order valence-corrected chi connectivity index (χ1v) is 26.8. The van der Waals surface area contributed by atoms with Crippen molar-refractivity contribution in [2.45, 2.75) is 183 Å². The molecule has 0 N–H and O–H groups in total. The zero-order chi connectivity index (χ0) is 53.9. The largest absolute Gasteiger partial charge is 0.308 e. The molecule has 384 valence electrons. The van der Waals surface area contributed by atoms with Gasteiger partial charge in [0, 0.05) is 28.4 Å². The summed E-state index contributed by atoms with van der Waals surface area (Å²) in [5.41, 5.74) is 18.6. The van der Waals surface area contributed by atoms with Crippen LogP contribution in [0.3, 0.4) is 0 Å². The average molecular weight is 973 g/mol. The molecule has 0 saturated carbocycles. The zero-order valence-corrected chi connectivity index (χ0v) is 48.9. The van der Waals surface area contributed by atoms with Crippen molar-refractivity contribution in [1.82, 2.24) is 0 Å². The number of rotatable bonds is 9. The molecule has 0 fully saturated rings. The molecule has 7 aromatic carbocycles. The van der Waals surface area contributed by atoms with Gasteiger partial charge in [0.25, 0.3) is 0 Å². The van der Waals surface area contributed by atoms with Crippen LogP contribution in [0.1, 0.15) is 184 Å². The van der Waals surface area contributed by atoms with Crippen LogP contribution in [-0.4, -0.2) is 0 Å². The van der Waals surface area contributed by atoms with Gasteiger partial charge in [-0.25, -0.2) is 0 Å². The van der Waals surface area contributed by atoms with Crippen molar-refractivity contribution < 1.29 is 0 Å². The molecule has 0 bridgehead atoms. The van der Waals surface area contributed by atoms with Crippen molar-refractivity contribution >= 4 is 51.2 Å². The summed E-state index contributed by atoms with van der Waals surface area (Å²) in [4.78, 5) is 7.54. The van der Waals surface area contributed by atoms with Gasteiger partial charge in [-0.2, -0.15) is 0 Å². The molecule has 0 aliphatic heterocycles. The Labute approximate surface area is 443 Å². The van der Waals surface area contributed by atoms with Crippen molar-refractivity contribution in [3.8, 4) is 0 Å². The van der Waals surface area contributed by atoms with Gasteiger partial charge in [0.15, 0.2) is 0 Å². The Hall–Kier alpha value is -6.06. The first-order valence-electron chi connectivity index (χ1n) is 26.8. The molecule has 3 nitrogen and oxygen atoms in total. The Bertz CT molecular complexity index is 2680. The molecule has 7 rings (SSSR count). The first-order chi connectivity index (χ1) is 33.6. The smallest absolute Gasteiger partial charge is 0.0706 e. The molecule has 7 aromatic rings. The fourth-order valence-corrected chi connectivity index (χ4v) is 9.53. The summed E-state index contributed by atoms with van der Waals surface area (Å²) in [6.45, 7) is 48.4. The fourth-order valence-electron chi connectivity index (χ4n) is 9.53. The van der Waals surface area contributed by atoms with Crippen LogP contribution >= 0.6 is 0 Å². The Morgan fingerprint density at radius 1 is 0.178 bits per heavy atom. The summed E-state index contributed by atoms with van der Waals surface area (Å²) < 4.78 is 0. The maximum absolute atomic E-state index is 2.57. The van der Waals surface area contributed by atoms with Crippen LogP contribution in [0.2, 0.25) is 0 Å². The molecule has 0 saturated heterocycles. The van der Waals surface area contributed by atoms with Gasteiger partial charge in [0.05, 0.1) is 22.7 Å². The van der Waals surface area contributed by atoms with Gasteiger partial charge in [-0.15, -0.1) is 0 Å². The number of anilines is 9. The molecule has 73 heavy (non-hydrogen) atoms. The highest BCUT2D eigenvalue weighted by molar-refractivity contribution is 5.97. The van der Waals surface area contributed by atoms with Crippen LogP contribution in [0.25, 0.3) is 0 Å². The van der Waals surface area contributed by atoms with E-state index in [0.717, 1.165) is 51.2 Å². The second kappa shape index (κ2) is 19.7. The van der Waals surface area contributed by atoms with Crippen molar-refractivity contribution in [3.05, 3.63) is 197 Å². The number of benzene rings is 7. The third-order valence-corrected chi connectivity index (χ3v) is 14.6. The zero-order valence-electron chi connectivity index (χ0n) is 48.9. The summed E-state index contributed by atoms with van der Waals surface area (Å²) in [6, 6.07) is 60.9. The number of nitrogens with zero attached hydrogens (tertiary/aromatic N) is 3. The van der Waals surface area contributed by atoms with Gasteiger partial charge in [-0.05, 0) is 162 Å². The van der Waals surface area contributed by atoms with E-state index in [-0.39, 0.29) is 37.9 Å². The minimum atomic E-state index is -0.145. The second-order valence-electron chi connectivity index (χ2n) is 27.9. The first kappa shape index (κ1) is 54.7. The van der Waals surface area contributed by atoms with E-state index in [9.17, 15) is 0 Å². The topological polar surface area (TPSA) is 9.72 Å². The maximum Gasteiger partial charge on any atom is 0.0706 e. The molecule has 0 spiro atoms. The van der Waals surface area contributed by atoms with E-state index < -0.39 is 0 Å². The number of hydrogen-bond acceptors (Lipinski definition) is 3. The Morgan fingerprint density at radius 2 is 0.342 bits per heavy atom. The van der Waals surface area contributed by atoms with Crippen LogP contribution in [0.4, 0.5) is 51.2 Å². The van der Waals surface area contributed by atoms with Crippen molar-refractivity contribution in [1.29, 1.82) is 0 Å². The minimum Gasteiger partial charge on any atom is -0.308 e. The molecular formula is C70H89N3. The van der Waals surface area contributed by atoms with Crippen LogP contribution in [0, 0.1) is 0 Å². The molecule has 0 aliphatic carbocycles. The van der Waals surface area contributed by atoms with E-state index in [0.29, 0.717) is 0 Å². The van der Waals surface area contributed by atoms with Gasteiger partial charge >= 0.3 is 0 Å². The summed E-state index contributed by atoms with van der Waals surface area (Å²) >= 11 is 0. The SMILES string of the molecule is CC(C)(C)c1ccc(N(c2ccc(C(C)(C)C)cc2)c2ccc(C(C)(C)C)cc2N(c2ccc(C(C)(C)C)cc2)c2cc(C(C)(C)C)ccc2N(c2ccc(C(C)(C)C)cc2)c2ccc(C(C)(C)C)cc2)cc1. The maximum atomic E-state index is 2.57. The Kier molecular flexibility index (Phi) is 14.7. The summed E-state index contributed by atoms with van der Waals surface area (Å²) in [7, 11) is 0. The second-order valence-corrected chi connectivity index (χ2v) is 27.9. The van der Waals surface area contributed by atoms with E-state index in [4.69, 9.17) is 0 Å². The third kappa shape index (κ3) is 12.3. The van der Waals surface area contributed by atoms with Gasteiger partial charge in [-0.1, -0.05) is 218 Å². The molecule has 0 aliphatic rings. The standard InChI is InChI=1S/C70H89N3/c1-64(2,3)48-22-34-55(35-23-48)71(56-36-24-49(25-37-56)65(4,5)6)60-44-32-53(69(16,17)18)46-62(60)73(59-42-30-52(31-43-59)68(13,14)15)63-47-54(70(19,20)21)33-45-61(63)72(57-38-26-50(27-39-57)66(7,8)9)58-40-28-51(29-41-58)67(10,11)12/h22-47H,1-21H3. The summed E-state index contributed by atoms with van der Waals surface area (Å²) in [6.07, 6.45) is 0. The molecule has 3 heteroatoms. The van der Waals surface area contributed by atoms with Gasteiger partial charge in [0.1, 0.15) is 0 Å². The lowest BCUT2D eigenvalue weighted by atomic mass is 9.85. The Morgan fingerprint density at radius 3 is 0.521 bits per heavy atom. The predicted molar refractivity (Wildman–Crippen MR) is 321 cm³/mol. The highest BCUT2D eigenvalue weighted by Crippen LogP contribution is 2.53. The molecule has 0 heterocycles. The van der Waals surface area contributed by atoms with Crippen LogP contribution < -0.4 is 14.7 Å². The van der Waals surface area contributed by atoms with Gasteiger partial charge in [-0.3, -0.25) is 0 Å². The van der Waals surface area contributed by atoms with Gasteiger partial charge in [0.2, 0.25) is 0 Å². The normalized spacial score (nSPS) is 13.0. The molecule has 0 unspecified atom stereocenters. The molecule has 0 radical (unpaired) electrons. The predicted octanol–water partition coefficient (Wildman–Crippen LogP) is 21.2. The lowest BCUT2D eigenvalue weighted by Crippen LogP contribution is -2.23. The average Bonchev–Trinajstić information content (AvgIpc) is 3.29. The third-order valence-electron chi connectivity index (χ3n) is 14.6. The summed E-state index contributed by atoms with van der Waals surface area (Å²) in [5.74, 6) is 0. The summed E-state index contributed by atoms with van der Waals surface area (Å²) in [5, 5.41) is 0. The van der Waals surface area contributed by atoms with Crippen LogP contribution in [0.5, 0.6) is 0 Å². The van der Waals surface area contributed by atoms with Crippen molar-refractivity contribution in [3.63, 3.8) is 0 Å². The van der Waals surface area contributed by atoms with Gasteiger partial charge < -0.3 is 14.7 Å². The lowest BCUT2D eigenvalue weighted by Gasteiger charge is -2.38. The lowest BCUT2D eigenvalue weighted by molar-refractivity contribution is 0.589. The minimum absolute atomic E-state index is 0.00767.